The van der Waals surface area contributed by atoms with Gasteiger partial charge in [-0.15, -0.1) is 0 Å². The van der Waals surface area contributed by atoms with E-state index in [1.165, 1.54) is 6.07 Å². The van der Waals surface area contributed by atoms with Crippen molar-refractivity contribution in [2.75, 3.05) is 18.4 Å². The SMILES string of the molecule is CC(O)(c1ccc2ncc(-c3nc(N[C@H]4CNCC[C@@H]4F)c(F)cc3F)n2c1)C(F)(F)F. The first-order valence-electron chi connectivity index (χ1n) is 9.73. The molecule has 1 unspecified atom stereocenters. The van der Waals surface area contributed by atoms with E-state index in [0.29, 0.717) is 19.5 Å². The molecule has 6 nitrogen and oxygen atoms in total. The summed E-state index contributed by atoms with van der Waals surface area (Å²) in [5.74, 6) is -2.52. The highest BCUT2D eigenvalue weighted by Gasteiger charge is 2.51. The van der Waals surface area contributed by atoms with Crippen molar-refractivity contribution in [1.29, 1.82) is 0 Å². The number of fused-ring (bicyclic) bond motifs is 1. The molecule has 4 rings (SSSR count). The normalized spacial score (nSPS) is 21.5. The Bertz CT molecular complexity index is 1150. The molecule has 3 N–H and O–H groups in total. The van der Waals surface area contributed by atoms with Crippen molar-refractivity contribution in [2.24, 2.45) is 0 Å². The van der Waals surface area contributed by atoms with Crippen molar-refractivity contribution in [2.45, 2.75) is 37.3 Å². The number of aliphatic hydroxyl groups is 1. The van der Waals surface area contributed by atoms with Crippen LogP contribution in [0.5, 0.6) is 0 Å². The fraction of sp³-hybridized carbons (Fsp3) is 0.400. The van der Waals surface area contributed by atoms with Gasteiger partial charge >= 0.3 is 6.18 Å². The summed E-state index contributed by atoms with van der Waals surface area (Å²) < 4.78 is 83.9. The smallest absolute Gasteiger partial charge is 0.376 e. The first-order valence-corrected chi connectivity index (χ1v) is 9.73. The molecule has 0 radical (unpaired) electrons. The lowest BCUT2D eigenvalue weighted by Crippen LogP contribution is -2.46. The van der Waals surface area contributed by atoms with E-state index in [-0.39, 0.29) is 24.3 Å². The van der Waals surface area contributed by atoms with E-state index in [2.05, 4.69) is 20.6 Å². The lowest BCUT2D eigenvalue weighted by molar-refractivity contribution is -0.259. The van der Waals surface area contributed by atoms with Crippen molar-refractivity contribution in [1.82, 2.24) is 19.7 Å². The van der Waals surface area contributed by atoms with Crippen LogP contribution in [0.4, 0.5) is 32.2 Å². The number of aromatic nitrogens is 3. The van der Waals surface area contributed by atoms with Gasteiger partial charge in [-0.3, -0.25) is 4.40 Å². The van der Waals surface area contributed by atoms with Gasteiger partial charge in [0.15, 0.2) is 23.1 Å². The summed E-state index contributed by atoms with van der Waals surface area (Å²) in [6.07, 6.45) is -3.90. The molecule has 0 aromatic carbocycles. The average Bonchev–Trinajstić information content (AvgIpc) is 3.13. The van der Waals surface area contributed by atoms with Gasteiger partial charge in [-0.25, -0.2) is 23.1 Å². The largest absolute Gasteiger partial charge is 0.421 e. The van der Waals surface area contributed by atoms with E-state index >= 15 is 0 Å². The Morgan fingerprint density at radius 1 is 1.22 bits per heavy atom. The van der Waals surface area contributed by atoms with Crippen LogP contribution < -0.4 is 10.6 Å². The zero-order valence-corrected chi connectivity index (χ0v) is 16.7. The lowest BCUT2D eigenvalue weighted by atomic mass is 9.97. The third kappa shape index (κ3) is 3.88. The zero-order chi connectivity index (χ0) is 23.3. The fourth-order valence-electron chi connectivity index (χ4n) is 3.50. The number of alkyl halides is 4. The molecule has 0 amide bonds. The molecule has 0 spiro atoms. The molecule has 1 aliphatic heterocycles. The summed E-state index contributed by atoms with van der Waals surface area (Å²) in [5, 5.41) is 15.6. The first-order chi connectivity index (χ1) is 15.0. The molecular formula is C20H19F6N5O. The van der Waals surface area contributed by atoms with Gasteiger partial charge in [0, 0.05) is 24.4 Å². The molecular weight excluding hydrogens is 440 g/mol. The van der Waals surface area contributed by atoms with E-state index in [9.17, 15) is 31.4 Å². The van der Waals surface area contributed by atoms with Crippen molar-refractivity contribution >= 4 is 11.5 Å². The molecule has 0 aliphatic carbocycles. The molecule has 1 saturated heterocycles. The minimum absolute atomic E-state index is 0.0704. The third-order valence-electron chi connectivity index (χ3n) is 5.51. The molecule has 3 aromatic rings. The van der Waals surface area contributed by atoms with Crippen LogP contribution in [-0.4, -0.2) is 51.0 Å². The number of pyridine rings is 2. The predicted octanol–water partition coefficient (Wildman–Crippen LogP) is 3.56. The zero-order valence-electron chi connectivity index (χ0n) is 16.7. The van der Waals surface area contributed by atoms with E-state index in [0.717, 1.165) is 22.9 Å². The van der Waals surface area contributed by atoms with E-state index in [1.807, 2.05) is 0 Å². The highest BCUT2D eigenvalue weighted by Crippen LogP contribution is 2.39. The Hall–Kier alpha value is -2.86. The minimum Gasteiger partial charge on any atom is -0.376 e. The maximum absolute atomic E-state index is 14.6. The van der Waals surface area contributed by atoms with E-state index in [1.54, 1.807) is 0 Å². The third-order valence-corrected chi connectivity index (χ3v) is 5.51. The molecule has 1 aliphatic rings. The summed E-state index contributed by atoms with van der Waals surface area (Å²) in [4.78, 5) is 7.94. The summed E-state index contributed by atoms with van der Waals surface area (Å²) in [5.41, 5.74) is -3.99. The van der Waals surface area contributed by atoms with Crippen LogP contribution in [0.1, 0.15) is 18.9 Å². The standard InChI is InChI=1S/C20H19F6N5O/c1-19(32,20(24,25)26)10-2-3-16-28-8-15(31(16)9-10)17-12(22)6-13(23)18(30-17)29-14-7-27-5-4-11(14)21/h2-3,6,8-9,11,14,27,32H,4-5,7H2,1H3,(H,29,30)/t11-,14-,19?/m0/s1. The number of hydrogen-bond donors (Lipinski definition) is 3. The molecule has 1 fully saturated rings. The topological polar surface area (TPSA) is 74.5 Å². The molecule has 0 saturated carbocycles. The second kappa shape index (κ2) is 7.93. The highest BCUT2D eigenvalue weighted by atomic mass is 19.4. The maximum atomic E-state index is 14.6. The molecule has 32 heavy (non-hydrogen) atoms. The highest BCUT2D eigenvalue weighted by molar-refractivity contribution is 5.63. The second-order valence-corrected chi connectivity index (χ2v) is 7.77. The van der Waals surface area contributed by atoms with Gasteiger partial charge in [-0.2, -0.15) is 13.2 Å². The Kier molecular flexibility index (Phi) is 5.53. The summed E-state index contributed by atoms with van der Waals surface area (Å²) in [7, 11) is 0. The number of rotatable bonds is 4. The summed E-state index contributed by atoms with van der Waals surface area (Å²) >= 11 is 0. The number of hydrogen-bond acceptors (Lipinski definition) is 5. The molecule has 172 valence electrons. The van der Waals surface area contributed by atoms with Gasteiger partial charge in [0.05, 0.1) is 17.9 Å². The molecule has 3 atom stereocenters. The molecule has 4 heterocycles. The van der Waals surface area contributed by atoms with Crippen molar-refractivity contribution in [3.63, 3.8) is 0 Å². The predicted molar refractivity (Wildman–Crippen MR) is 104 cm³/mol. The van der Waals surface area contributed by atoms with Gasteiger partial charge in [-0.1, -0.05) is 6.07 Å². The van der Waals surface area contributed by atoms with Gasteiger partial charge in [0.25, 0.3) is 0 Å². The lowest BCUT2D eigenvalue weighted by Gasteiger charge is -2.28. The van der Waals surface area contributed by atoms with Crippen molar-refractivity contribution in [3.8, 4) is 11.4 Å². The van der Waals surface area contributed by atoms with Crippen LogP contribution in [-0.2, 0) is 5.60 Å². The summed E-state index contributed by atoms with van der Waals surface area (Å²) in [6, 6.07) is 2.04. The van der Waals surface area contributed by atoms with Gasteiger partial charge in [0.2, 0.25) is 0 Å². The second-order valence-electron chi connectivity index (χ2n) is 7.77. The van der Waals surface area contributed by atoms with Crippen LogP contribution in [0.15, 0.2) is 30.6 Å². The quantitative estimate of drug-likeness (QED) is 0.521. The average molecular weight is 459 g/mol. The Labute approximate surface area is 178 Å². The maximum Gasteiger partial charge on any atom is 0.421 e. The molecule has 12 heteroatoms. The first kappa shape index (κ1) is 22.3. The Morgan fingerprint density at radius 3 is 2.66 bits per heavy atom. The Morgan fingerprint density at radius 2 is 1.97 bits per heavy atom. The van der Waals surface area contributed by atoms with Crippen molar-refractivity contribution in [3.05, 3.63) is 47.8 Å². The number of imidazole rings is 1. The fourth-order valence-corrected chi connectivity index (χ4v) is 3.50. The van der Waals surface area contributed by atoms with Crippen LogP contribution in [0, 0.1) is 11.6 Å². The number of anilines is 1. The van der Waals surface area contributed by atoms with Crippen LogP contribution >= 0.6 is 0 Å². The van der Waals surface area contributed by atoms with E-state index in [4.69, 9.17) is 0 Å². The monoisotopic (exact) mass is 459 g/mol. The number of piperidine rings is 1. The van der Waals surface area contributed by atoms with Crippen LogP contribution in [0.2, 0.25) is 0 Å². The van der Waals surface area contributed by atoms with Crippen LogP contribution in [0.25, 0.3) is 17.0 Å². The van der Waals surface area contributed by atoms with Gasteiger partial charge < -0.3 is 15.7 Å². The van der Waals surface area contributed by atoms with Gasteiger partial charge in [0.1, 0.15) is 17.5 Å². The summed E-state index contributed by atoms with van der Waals surface area (Å²) in [6.45, 7) is 1.27. The van der Waals surface area contributed by atoms with Crippen LogP contribution in [0.3, 0.4) is 0 Å². The molecule has 0 bridgehead atoms. The number of halogens is 6. The Balaban J connectivity index is 1.77. The number of nitrogens with zero attached hydrogens (tertiary/aromatic N) is 3. The van der Waals surface area contributed by atoms with Crippen molar-refractivity contribution < 1.29 is 31.4 Å². The minimum atomic E-state index is -4.96. The molecule has 3 aromatic heterocycles. The van der Waals surface area contributed by atoms with E-state index < -0.39 is 52.7 Å². The number of nitrogens with one attached hydrogen (secondary N) is 2. The van der Waals surface area contributed by atoms with Gasteiger partial charge in [-0.05, 0) is 26.0 Å².